The highest BCUT2D eigenvalue weighted by atomic mass is 35.5. The minimum absolute atomic E-state index is 0.297. The zero-order chi connectivity index (χ0) is 21.8. The van der Waals surface area contributed by atoms with Gasteiger partial charge in [-0.2, -0.15) is 27.9 Å². The average molecular weight is 439 g/mol. The lowest BCUT2D eigenvalue weighted by Gasteiger charge is -2.06. The first-order valence-electron chi connectivity index (χ1n) is 9.14. The first-order valence-corrected chi connectivity index (χ1v) is 9.52. The number of ether oxygens (including phenoxy) is 1. The van der Waals surface area contributed by atoms with Crippen molar-refractivity contribution in [3.05, 3.63) is 52.1 Å². The molecule has 4 rings (SSSR count). The maximum atomic E-state index is 13.2. The smallest absolute Gasteiger partial charge is 0.435 e. The Morgan fingerprint density at radius 1 is 1.17 bits per heavy atom. The minimum atomic E-state index is -4.55. The van der Waals surface area contributed by atoms with Crippen molar-refractivity contribution >= 4 is 17.3 Å². The molecule has 0 unspecified atom stereocenters. The van der Waals surface area contributed by atoms with Crippen LogP contribution < -0.4 is 4.74 Å². The summed E-state index contributed by atoms with van der Waals surface area (Å²) in [4.78, 5) is 0. The van der Waals surface area contributed by atoms with E-state index in [4.69, 9.17) is 20.8 Å². The summed E-state index contributed by atoms with van der Waals surface area (Å²) in [5.41, 5.74) is 1.86. The van der Waals surface area contributed by atoms with Gasteiger partial charge in [0.05, 0.1) is 17.8 Å². The Morgan fingerprint density at radius 3 is 2.47 bits per heavy atom. The van der Waals surface area contributed by atoms with Crippen LogP contribution in [0.15, 0.2) is 28.7 Å². The van der Waals surface area contributed by atoms with Crippen molar-refractivity contribution in [2.75, 3.05) is 7.11 Å². The fourth-order valence-corrected chi connectivity index (χ4v) is 3.69. The van der Waals surface area contributed by atoms with Crippen LogP contribution in [-0.4, -0.2) is 26.5 Å². The lowest BCUT2D eigenvalue weighted by molar-refractivity contribution is -0.141. The predicted molar refractivity (Wildman–Crippen MR) is 105 cm³/mol. The number of benzene rings is 1. The highest BCUT2D eigenvalue weighted by Crippen LogP contribution is 2.37. The molecule has 30 heavy (non-hydrogen) atoms. The van der Waals surface area contributed by atoms with E-state index >= 15 is 0 Å². The fourth-order valence-electron chi connectivity index (χ4n) is 3.43. The maximum Gasteiger partial charge on any atom is 0.435 e. The molecular formula is C20H18ClF3N4O2. The van der Waals surface area contributed by atoms with Gasteiger partial charge in [0.15, 0.2) is 11.4 Å². The van der Waals surface area contributed by atoms with Crippen LogP contribution in [0.3, 0.4) is 0 Å². The molecule has 0 aliphatic heterocycles. The van der Waals surface area contributed by atoms with Crippen molar-refractivity contribution in [3.63, 3.8) is 0 Å². The largest absolute Gasteiger partial charge is 0.497 e. The van der Waals surface area contributed by atoms with Gasteiger partial charge in [0, 0.05) is 11.3 Å². The predicted octanol–water partition coefficient (Wildman–Crippen LogP) is 5.64. The molecule has 0 aliphatic rings. The zero-order valence-electron chi connectivity index (χ0n) is 16.6. The molecule has 0 radical (unpaired) electrons. The lowest BCUT2D eigenvalue weighted by Crippen LogP contribution is -2.08. The number of nitrogens with zero attached hydrogens (tertiary/aromatic N) is 4. The van der Waals surface area contributed by atoms with Crippen LogP contribution >= 0.6 is 11.6 Å². The van der Waals surface area contributed by atoms with Crippen LogP contribution in [0.2, 0.25) is 5.02 Å². The summed E-state index contributed by atoms with van der Waals surface area (Å²) in [6.45, 7) is 5.17. The van der Waals surface area contributed by atoms with E-state index in [2.05, 4.69) is 10.2 Å². The number of alkyl halides is 3. The summed E-state index contributed by atoms with van der Waals surface area (Å²) in [5, 5.41) is 8.80. The first-order chi connectivity index (χ1) is 14.2. The summed E-state index contributed by atoms with van der Waals surface area (Å²) in [6, 6.07) is 6.22. The fraction of sp³-hybridized carbons (Fsp3) is 0.300. The van der Waals surface area contributed by atoms with Gasteiger partial charge >= 0.3 is 6.18 Å². The number of fused-ring (bicyclic) bond motifs is 1. The van der Waals surface area contributed by atoms with Crippen LogP contribution in [0.4, 0.5) is 13.2 Å². The Morgan fingerprint density at radius 2 is 1.90 bits per heavy atom. The van der Waals surface area contributed by atoms with E-state index < -0.39 is 11.9 Å². The van der Waals surface area contributed by atoms with Gasteiger partial charge in [-0.25, -0.2) is 4.68 Å². The minimum Gasteiger partial charge on any atom is -0.497 e. The third-order valence-corrected chi connectivity index (χ3v) is 5.15. The molecule has 0 atom stereocenters. The highest BCUT2D eigenvalue weighted by molar-refractivity contribution is 6.33. The molecule has 0 fully saturated rings. The second kappa shape index (κ2) is 7.09. The normalized spacial score (nSPS) is 12.1. The first kappa shape index (κ1) is 20.3. The SMILES string of the molecule is CCc1nn2c(-c3ccc(OC)cc3Cl)c(C)oc2c1-n1nc(C(F)(F)F)cc1C. The summed E-state index contributed by atoms with van der Waals surface area (Å²) < 4.78 is 53.4. The molecule has 0 aliphatic carbocycles. The van der Waals surface area contributed by atoms with Crippen molar-refractivity contribution in [3.8, 4) is 22.7 Å². The molecule has 6 nitrogen and oxygen atoms in total. The molecule has 10 heteroatoms. The third-order valence-electron chi connectivity index (χ3n) is 4.84. The number of hydrogen-bond donors (Lipinski definition) is 0. The number of hydrogen-bond acceptors (Lipinski definition) is 4. The van der Waals surface area contributed by atoms with Crippen molar-refractivity contribution in [1.29, 1.82) is 0 Å². The van der Waals surface area contributed by atoms with Gasteiger partial charge in [-0.1, -0.05) is 18.5 Å². The van der Waals surface area contributed by atoms with Gasteiger partial charge in [0.25, 0.3) is 0 Å². The van der Waals surface area contributed by atoms with E-state index in [-0.39, 0.29) is 0 Å². The van der Waals surface area contributed by atoms with Crippen LogP contribution in [0.5, 0.6) is 5.75 Å². The van der Waals surface area contributed by atoms with Crippen molar-refractivity contribution in [2.24, 2.45) is 0 Å². The van der Waals surface area contributed by atoms with Gasteiger partial charge in [-0.3, -0.25) is 0 Å². The molecule has 0 saturated carbocycles. The molecule has 0 saturated heterocycles. The van der Waals surface area contributed by atoms with Crippen molar-refractivity contribution in [2.45, 2.75) is 33.4 Å². The van der Waals surface area contributed by atoms with Gasteiger partial charge in [-0.05, 0) is 44.5 Å². The second-order valence-electron chi connectivity index (χ2n) is 6.80. The van der Waals surface area contributed by atoms with Crippen LogP contribution in [0.1, 0.15) is 29.8 Å². The molecule has 158 valence electrons. The number of methoxy groups -OCH3 is 1. The Labute approximate surface area is 174 Å². The van der Waals surface area contributed by atoms with E-state index in [0.717, 1.165) is 6.07 Å². The maximum absolute atomic E-state index is 13.2. The van der Waals surface area contributed by atoms with Gasteiger partial charge in [0.2, 0.25) is 5.71 Å². The average Bonchev–Trinajstić information content (AvgIpc) is 3.32. The molecule has 4 aromatic rings. The molecule has 0 N–H and O–H groups in total. The third kappa shape index (κ3) is 3.13. The Bertz CT molecular complexity index is 1250. The zero-order valence-corrected chi connectivity index (χ0v) is 17.4. The van der Waals surface area contributed by atoms with E-state index in [1.54, 1.807) is 43.7 Å². The number of aryl methyl sites for hydroxylation is 3. The Kier molecular flexibility index (Phi) is 4.80. The summed E-state index contributed by atoms with van der Waals surface area (Å²) in [5.74, 6) is 1.12. The topological polar surface area (TPSA) is 57.5 Å². The van der Waals surface area contributed by atoms with Crippen LogP contribution in [0.25, 0.3) is 22.7 Å². The van der Waals surface area contributed by atoms with E-state index in [1.165, 1.54) is 4.68 Å². The molecule has 0 bridgehead atoms. The molecule has 3 aromatic heterocycles. The Balaban J connectivity index is 1.97. The second-order valence-corrected chi connectivity index (χ2v) is 7.21. The van der Waals surface area contributed by atoms with Gasteiger partial charge < -0.3 is 9.15 Å². The van der Waals surface area contributed by atoms with Crippen molar-refractivity contribution in [1.82, 2.24) is 19.4 Å². The number of halogens is 4. The summed E-state index contributed by atoms with van der Waals surface area (Å²) >= 11 is 6.44. The monoisotopic (exact) mass is 438 g/mol. The highest BCUT2D eigenvalue weighted by Gasteiger charge is 2.35. The quantitative estimate of drug-likeness (QED) is 0.413. The van der Waals surface area contributed by atoms with Gasteiger partial charge in [-0.15, -0.1) is 0 Å². The number of oxazole rings is 1. The van der Waals surface area contributed by atoms with Crippen LogP contribution in [0, 0.1) is 13.8 Å². The van der Waals surface area contributed by atoms with E-state index in [9.17, 15) is 13.2 Å². The van der Waals surface area contributed by atoms with Crippen molar-refractivity contribution < 1.29 is 22.3 Å². The molecule has 0 spiro atoms. The van der Waals surface area contributed by atoms with E-state index in [1.807, 2.05) is 6.92 Å². The molecule has 0 amide bonds. The summed E-state index contributed by atoms with van der Waals surface area (Å²) in [6.07, 6.45) is -4.07. The summed E-state index contributed by atoms with van der Waals surface area (Å²) in [7, 11) is 1.54. The molecule has 3 heterocycles. The standard InChI is InChI=1S/C20H18ClF3N4O2/c1-5-15-18(27-10(2)8-16(26-27)20(22,23)24)19-28(25-15)17(11(3)30-19)13-7-6-12(29-4)9-14(13)21/h6-9H,5H2,1-4H3. The Hall–Kier alpha value is -2.94. The molecule has 1 aromatic carbocycles. The molecular weight excluding hydrogens is 421 g/mol. The lowest BCUT2D eigenvalue weighted by atomic mass is 10.1. The van der Waals surface area contributed by atoms with Crippen LogP contribution in [-0.2, 0) is 12.6 Å². The van der Waals surface area contributed by atoms with E-state index in [0.29, 0.717) is 57.0 Å². The number of aromatic nitrogens is 4. The van der Waals surface area contributed by atoms with Gasteiger partial charge in [0.1, 0.15) is 17.2 Å². The number of rotatable bonds is 4.